The Kier molecular flexibility index (Phi) is 6.11. The van der Waals surface area contributed by atoms with Crippen molar-refractivity contribution in [2.45, 2.75) is 37.0 Å². The zero-order valence-corrected chi connectivity index (χ0v) is 23.1. The van der Waals surface area contributed by atoms with Gasteiger partial charge in [0.2, 0.25) is 0 Å². The number of halogens is 3. The predicted octanol–water partition coefficient (Wildman–Crippen LogP) is 5.17. The highest BCUT2D eigenvalue weighted by Gasteiger charge is 2.43. The molecule has 4 heterocycles. The molecule has 0 radical (unpaired) electrons. The van der Waals surface area contributed by atoms with Gasteiger partial charge in [-0.25, -0.2) is 26.7 Å². The van der Waals surface area contributed by atoms with E-state index in [0.717, 1.165) is 34.7 Å². The zero-order valence-electron chi connectivity index (χ0n) is 21.6. The Bertz CT molecular complexity index is 2020. The van der Waals surface area contributed by atoms with Gasteiger partial charge in [-0.15, -0.1) is 0 Å². The number of fused-ring (bicyclic) bond motifs is 1. The van der Waals surface area contributed by atoms with Crippen molar-refractivity contribution < 1.29 is 17.2 Å². The van der Waals surface area contributed by atoms with Crippen LogP contribution in [0.15, 0.2) is 64.7 Å². The molecular weight excluding hydrogens is 560 g/mol. The highest BCUT2D eigenvalue weighted by Crippen LogP contribution is 2.55. The zero-order chi connectivity index (χ0) is 28.5. The van der Waals surface area contributed by atoms with Gasteiger partial charge in [-0.2, -0.15) is 5.10 Å². The second kappa shape index (κ2) is 9.31. The van der Waals surface area contributed by atoms with Gasteiger partial charge in [0.25, 0.3) is 5.56 Å². The first-order chi connectivity index (χ1) is 19.0. The van der Waals surface area contributed by atoms with E-state index in [2.05, 4.69) is 15.1 Å². The van der Waals surface area contributed by atoms with Gasteiger partial charge in [0, 0.05) is 35.8 Å². The standard InChI is InChI=1S/C28H22ClF2N5O3S/c1-14-12-33-26(16-6-4-7-21(24(16)30)40(3,38)39)25(31)27(14)35-15(2)10-19(23(29)28(35)37)17-11-18(17)20-13-32-22-8-5-9-34-36(20)22/h4-10,12-13,17-18H,11H2,1-3H3/t17-,18?/m1/s1. The molecule has 0 N–H and O–H groups in total. The molecule has 204 valence electrons. The van der Waals surface area contributed by atoms with E-state index in [0.29, 0.717) is 16.8 Å². The number of aromatic nitrogens is 5. The van der Waals surface area contributed by atoms with Gasteiger partial charge >= 0.3 is 0 Å². The first kappa shape index (κ1) is 26.3. The van der Waals surface area contributed by atoms with E-state index in [9.17, 15) is 13.2 Å². The largest absolute Gasteiger partial charge is 0.277 e. The van der Waals surface area contributed by atoms with Crippen LogP contribution in [0, 0.1) is 25.5 Å². The first-order valence-corrected chi connectivity index (χ1v) is 14.6. The van der Waals surface area contributed by atoms with Gasteiger partial charge in [0.05, 0.1) is 17.6 Å². The molecule has 1 saturated carbocycles. The van der Waals surface area contributed by atoms with Crippen LogP contribution >= 0.6 is 11.6 Å². The molecule has 0 spiro atoms. The number of pyridine rings is 2. The average molecular weight is 582 g/mol. The topological polar surface area (TPSA) is 99.2 Å². The summed E-state index contributed by atoms with van der Waals surface area (Å²) in [6.45, 7) is 3.24. The maximum Gasteiger partial charge on any atom is 0.274 e. The summed E-state index contributed by atoms with van der Waals surface area (Å²) >= 11 is 6.62. The summed E-state index contributed by atoms with van der Waals surface area (Å²) in [7, 11) is -3.91. The van der Waals surface area contributed by atoms with Crippen LogP contribution in [0.2, 0.25) is 5.02 Å². The van der Waals surface area contributed by atoms with E-state index >= 15 is 8.78 Å². The highest BCUT2D eigenvalue weighted by atomic mass is 35.5. The first-order valence-electron chi connectivity index (χ1n) is 12.3. The number of benzene rings is 1. The molecule has 1 unspecified atom stereocenters. The minimum Gasteiger partial charge on any atom is -0.277 e. The summed E-state index contributed by atoms with van der Waals surface area (Å²) in [5.41, 5.74) is 1.51. The maximum atomic E-state index is 16.1. The fraction of sp³-hybridized carbons (Fsp3) is 0.214. The van der Waals surface area contributed by atoms with E-state index < -0.39 is 37.6 Å². The Balaban J connectivity index is 1.45. The van der Waals surface area contributed by atoms with Crippen molar-refractivity contribution in [1.82, 2.24) is 24.1 Å². The molecule has 4 aromatic heterocycles. The molecule has 0 aliphatic heterocycles. The lowest BCUT2D eigenvalue weighted by Crippen LogP contribution is -2.24. The lowest BCUT2D eigenvalue weighted by Gasteiger charge is -2.18. The third-order valence-electron chi connectivity index (χ3n) is 7.25. The monoisotopic (exact) mass is 581 g/mol. The minimum absolute atomic E-state index is 0.0395. The van der Waals surface area contributed by atoms with Gasteiger partial charge in [0.1, 0.15) is 15.6 Å². The number of imidazole rings is 1. The van der Waals surface area contributed by atoms with Gasteiger partial charge in [-0.3, -0.25) is 14.3 Å². The second-order valence-electron chi connectivity index (χ2n) is 9.96. The Morgan fingerprint density at radius 2 is 1.80 bits per heavy atom. The van der Waals surface area contributed by atoms with Crippen molar-refractivity contribution in [2.75, 3.05) is 6.26 Å². The number of aryl methyl sites for hydroxylation is 2. The Labute approximate surface area is 232 Å². The molecule has 1 aliphatic carbocycles. The van der Waals surface area contributed by atoms with Crippen LogP contribution in [0.5, 0.6) is 0 Å². The van der Waals surface area contributed by atoms with Gasteiger partial charge in [-0.05, 0) is 67.6 Å². The lowest BCUT2D eigenvalue weighted by atomic mass is 10.1. The molecule has 8 nitrogen and oxygen atoms in total. The fourth-order valence-corrected chi connectivity index (χ4v) is 6.30. The summed E-state index contributed by atoms with van der Waals surface area (Å²) in [6, 6.07) is 9.07. The average Bonchev–Trinajstić information content (AvgIpc) is 3.57. The van der Waals surface area contributed by atoms with Crippen LogP contribution in [0.3, 0.4) is 0 Å². The number of rotatable bonds is 5. The van der Waals surface area contributed by atoms with Crippen molar-refractivity contribution in [1.29, 1.82) is 0 Å². The van der Waals surface area contributed by atoms with Gasteiger partial charge in [0.15, 0.2) is 27.1 Å². The molecule has 40 heavy (non-hydrogen) atoms. The number of hydrogen-bond donors (Lipinski definition) is 0. The summed E-state index contributed by atoms with van der Waals surface area (Å²) in [4.78, 5) is 21.5. The van der Waals surface area contributed by atoms with E-state index in [1.54, 1.807) is 42.9 Å². The van der Waals surface area contributed by atoms with Crippen molar-refractivity contribution in [2.24, 2.45) is 0 Å². The van der Waals surface area contributed by atoms with Crippen molar-refractivity contribution >= 4 is 27.1 Å². The Hall–Kier alpha value is -3.96. The maximum absolute atomic E-state index is 16.1. The van der Waals surface area contributed by atoms with E-state index in [4.69, 9.17) is 11.6 Å². The number of sulfone groups is 1. The van der Waals surface area contributed by atoms with Crippen molar-refractivity contribution in [3.63, 3.8) is 0 Å². The van der Waals surface area contributed by atoms with Crippen LogP contribution in [-0.2, 0) is 9.84 Å². The molecule has 1 fully saturated rings. The fourth-order valence-electron chi connectivity index (χ4n) is 5.26. The third-order valence-corrected chi connectivity index (χ3v) is 8.75. The molecule has 6 rings (SSSR count). The molecule has 0 amide bonds. The summed E-state index contributed by atoms with van der Waals surface area (Å²) in [5.74, 6) is -2.07. The van der Waals surface area contributed by atoms with Gasteiger partial charge in [-0.1, -0.05) is 17.7 Å². The lowest BCUT2D eigenvalue weighted by molar-refractivity contribution is 0.569. The van der Waals surface area contributed by atoms with Crippen molar-refractivity contribution in [3.05, 3.63) is 105 Å². The van der Waals surface area contributed by atoms with Crippen molar-refractivity contribution in [3.8, 4) is 16.9 Å². The normalized spacial score (nSPS) is 16.9. The Morgan fingerprint density at radius 3 is 2.55 bits per heavy atom. The molecule has 2 atom stereocenters. The van der Waals surface area contributed by atoms with E-state index in [-0.39, 0.29) is 28.1 Å². The van der Waals surface area contributed by atoms with Crippen LogP contribution in [0.4, 0.5) is 8.78 Å². The van der Waals surface area contributed by atoms with Crippen LogP contribution in [-0.4, -0.2) is 38.8 Å². The highest BCUT2D eigenvalue weighted by molar-refractivity contribution is 7.90. The third kappa shape index (κ3) is 4.11. The molecule has 5 aromatic rings. The minimum atomic E-state index is -3.91. The summed E-state index contributed by atoms with van der Waals surface area (Å²) in [6.07, 6.45) is 6.36. The smallest absolute Gasteiger partial charge is 0.274 e. The SMILES string of the molecule is Cc1cnc(-c2cccc(S(C)(=O)=O)c2F)c(F)c1-n1c(C)cc([C@@H]2CC2c2cnc3cccnn23)c(Cl)c1=O. The molecule has 12 heteroatoms. The molecule has 0 saturated heterocycles. The summed E-state index contributed by atoms with van der Waals surface area (Å²) in [5, 5.41) is 4.33. The summed E-state index contributed by atoms with van der Waals surface area (Å²) < 4.78 is 58.2. The molecule has 1 aromatic carbocycles. The molecule has 0 bridgehead atoms. The quantitative estimate of drug-likeness (QED) is 0.284. The molecular formula is C28H22ClF2N5O3S. The van der Waals surface area contributed by atoms with Gasteiger partial charge < -0.3 is 0 Å². The molecule has 1 aliphatic rings. The van der Waals surface area contributed by atoms with E-state index in [1.165, 1.54) is 18.3 Å². The number of hydrogen-bond acceptors (Lipinski definition) is 6. The van der Waals surface area contributed by atoms with E-state index in [1.807, 2.05) is 6.07 Å². The predicted molar refractivity (Wildman–Crippen MR) is 146 cm³/mol. The van der Waals surface area contributed by atoms with Crippen LogP contribution in [0.1, 0.15) is 40.8 Å². The van der Waals surface area contributed by atoms with Crippen LogP contribution < -0.4 is 5.56 Å². The Morgan fingerprint density at radius 1 is 1.02 bits per heavy atom. The second-order valence-corrected chi connectivity index (χ2v) is 12.3. The number of nitrogens with zero attached hydrogens (tertiary/aromatic N) is 5. The van der Waals surface area contributed by atoms with Crippen LogP contribution in [0.25, 0.3) is 22.6 Å².